The minimum atomic E-state index is -0.506. The van der Waals surface area contributed by atoms with Crippen molar-refractivity contribution in [3.05, 3.63) is 47.3 Å². The number of carbonyl (C=O) groups excluding carboxylic acids is 1. The number of aryl methyl sites for hydroxylation is 1. The van der Waals surface area contributed by atoms with Gasteiger partial charge in [0.25, 0.3) is 5.91 Å². The van der Waals surface area contributed by atoms with Crippen molar-refractivity contribution < 1.29 is 9.90 Å². The van der Waals surface area contributed by atoms with Crippen molar-refractivity contribution in [1.82, 2.24) is 15.1 Å². The van der Waals surface area contributed by atoms with Gasteiger partial charge in [-0.15, -0.1) is 0 Å². The topological polar surface area (TPSA) is 67.2 Å². The lowest BCUT2D eigenvalue weighted by Gasteiger charge is -2.14. The van der Waals surface area contributed by atoms with E-state index in [4.69, 9.17) is 0 Å². The fourth-order valence-electron chi connectivity index (χ4n) is 2.72. The number of carbonyl (C=O) groups is 1. The van der Waals surface area contributed by atoms with Gasteiger partial charge in [0.1, 0.15) is 0 Å². The number of amides is 1. The summed E-state index contributed by atoms with van der Waals surface area (Å²) in [5.41, 5.74) is 3.56. The number of benzene rings is 1. The Balaban J connectivity index is 2.25. The van der Waals surface area contributed by atoms with E-state index in [0.717, 1.165) is 17.8 Å². The molecule has 0 spiro atoms. The normalized spacial score (nSPS) is 12.4. The van der Waals surface area contributed by atoms with Crippen LogP contribution in [-0.2, 0) is 0 Å². The number of nitrogens with zero attached hydrogens (tertiary/aromatic N) is 2. The predicted molar refractivity (Wildman–Crippen MR) is 95.6 cm³/mol. The first-order chi connectivity index (χ1) is 11.4. The maximum Gasteiger partial charge on any atom is 0.254 e. The van der Waals surface area contributed by atoms with E-state index in [9.17, 15) is 9.90 Å². The zero-order valence-electron chi connectivity index (χ0n) is 14.9. The van der Waals surface area contributed by atoms with Gasteiger partial charge in [0.05, 0.1) is 29.2 Å². The van der Waals surface area contributed by atoms with E-state index in [1.165, 1.54) is 5.56 Å². The average molecular weight is 329 g/mol. The molecule has 1 aromatic carbocycles. The van der Waals surface area contributed by atoms with Gasteiger partial charge in [-0.05, 0) is 31.4 Å². The monoisotopic (exact) mass is 329 g/mol. The predicted octanol–water partition coefficient (Wildman–Crippen LogP) is 3.19. The average Bonchev–Trinajstić information content (AvgIpc) is 2.99. The Labute approximate surface area is 143 Å². The fourth-order valence-corrected chi connectivity index (χ4v) is 2.72. The highest BCUT2D eigenvalue weighted by Gasteiger charge is 2.21. The lowest BCUT2D eigenvalue weighted by Crippen LogP contribution is -2.32. The molecule has 0 saturated carbocycles. The molecule has 5 nitrogen and oxygen atoms in total. The van der Waals surface area contributed by atoms with Gasteiger partial charge in [-0.25, -0.2) is 4.68 Å². The van der Waals surface area contributed by atoms with Crippen molar-refractivity contribution in [3.63, 3.8) is 0 Å². The van der Waals surface area contributed by atoms with Crippen LogP contribution in [0.4, 0.5) is 0 Å². The smallest absolute Gasteiger partial charge is 0.254 e. The number of hydrogen-bond acceptors (Lipinski definition) is 3. The Kier molecular flexibility index (Phi) is 6.15. The molecule has 2 rings (SSSR count). The molecule has 1 unspecified atom stereocenters. The van der Waals surface area contributed by atoms with Crippen LogP contribution in [0.1, 0.15) is 61.1 Å². The van der Waals surface area contributed by atoms with Gasteiger partial charge in [0.2, 0.25) is 0 Å². The van der Waals surface area contributed by atoms with Gasteiger partial charge in [-0.1, -0.05) is 44.9 Å². The van der Waals surface area contributed by atoms with Crippen LogP contribution in [0.15, 0.2) is 30.5 Å². The Morgan fingerprint density at radius 3 is 2.54 bits per heavy atom. The molecule has 2 aromatic rings. The third-order valence-corrected chi connectivity index (χ3v) is 4.00. The molecule has 0 aliphatic rings. The summed E-state index contributed by atoms with van der Waals surface area (Å²) >= 11 is 0. The van der Waals surface area contributed by atoms with Crippen LogP contribution in [0, 0.1) is 6.92 Å². The molecule has 0 saturated heterocycles. The minimum Gasteiger partial charge on any atom is -0.391 e. The summed E-state index contributed by atoms with van der Waals surface area (Å²) in [6, 6.07) is 8.06. The summed E-state index contributed by atoms with van der Waals surface area (Å²) in [7, 11) is 0. The highest BCUT2D eigenvalue weighted by atomic mass is 16.3. The quantitative estimate of drug-likeness (QED) is 0.820. The summed E-state index contributed by atoms with van der Waals surface area (Å²) < 4.78 is 1.82. The largest absolute Gasteiger partial charge is 0.391 e. The van der Waals surface area contributed by atoms with Crippen molar-refractivity contribution in [1.29, 1.82) is 0 Å². The van der Waals surface area contributed by atoms with E-state index in [0.29, 0.717) is 12.0 Å². The number of aromatic nitrogens is 2. The second-order valence-electron chi connectivity index (χ2n) is 6.50. The molecular formula is C19H27N3O2. The highest BCUT2D eigenvalue weighted by molar-refractivity contribution is 5.95. The van der Waals surface area contributed by atoms with Crippen molar-refractivity contribution in [2.24, 2.45) is 0 Å². The summed E-state index contributed by atoms with van der Waals surface area (Å²) in [6.45, 7) is 8.40. The molecule has 0 fully saturated rings. The Hall–Kier alpha value is -2.14. The van der Waals surface area contributed by atoms with Gasteiger partial charge < -0.3 is 10.4 Å². The van der Waals surface area contributed by atoms with E-state index < -0.39 is 6.10 Å². The lowest BCUT2D eigenvalue weighted by molar-refractivity contribution is 0.0909. The van der Waals surface area contributed by atoms with E-state index >= 15 is 0 Å². The second-order valence-corrected chi connectivity index (χ2v) is 6.50. The molecule has 24 heavy (non-hydrogen) atoms. The zero-order valence-corrected chi connectivity index (χ0v) is 14.9. The molecule has 5 heteroatoms. The molecule has 1 heterocycles. The van der Waals surface area contributed by atoms with Gasteiger partial charge in [0, 0.05) is 6.54 Å². The summed E-state index contributed by atoms with van der Waals surface area (Å²) in [5.74, 6) is -0.0395. The number of rotatable bonds is 7. The van der Waals surface area contributed by atoms with Crippen LogP contribution in [0.5, 0.6) is 0 Å². The SMILES string of the molecule is CCCC(O)CNC(=O)c1cnn(-c2ccc(C)cc2)c1C(C)C. The van der Waals surface area contributed by atoms with E-state index in [2.05, 4.69) is 10.4 Å². The summed E-state index contributed by atoms with van der Waals surface area (Å²) in [5, 5.41) is 17.0. The number of nitrogens with one attached hydrogen (secondary N) is 1. The number of hydrogen-bond donors (Lipinski definition) is 2. The highest BCUT2D eigenvalue weighted by Crippen LogP contribution is 2.23. The first kappa shape index (κ1) is 18.2. The Morgan fingerprint density at radius 2 is 1.96 bits per heavy atom. The van der Waals surface area contributed by atoms with Gasteiger partial charge in [0.15, 0.2) is 0 Å². The van der Waals surface area contributed by atoms with Crippen LogP contribution in [-0.4, -0.2) is 33.4 Å². The molecule has 0 aliphatic heterocycles. The molecule has 1 atom stereocenters. The third-order valence-electron chi connectivity index (χ3n) is 4.00. The van der Waals surface area contributed by atoms with Gasteiger partial charge >= 0.3 is 0 Å². The van der Waals surface area contributed by atoms with Gasteiger partial charge in [-0.3, -0.25) is 4.79 Å². The standard InChI is InChI=1S/C19H27N3O2/c1-5-6-16(23)11-20-19(24)17-12-21-22(18(17)13(2)3)15-9-7-14(4)8-10-15/h7-10,12-13,16,23H,5-6,11H2,1-4H3,(H,20,24). The van der Waals surface area contributed by atoms with Crippen LogP contribution < -0.4 is 5.32 Å². The maximum absolute atomic E-state index is 12.5. The van der Waals surface area contributed by atoms with Crippen molar-refractivity contribution >= 4 is 5.91 Å². The fraction of sp³-hybridized carbons (Fsp3) is 0.474. The Bertz CT molecular complexity index is 674. The molecule has 1 aromatic heterocycles. The summed E-state index contributed by atoms with van der Waals surface area (Å²) in [6.07, 6.45) is 2.67. The third kappa shape index (κ3) is 4.23. The molecule has 0 bridgehead atoms. The van der Waals surface area contributed by atoms with Gasteiger partial charge in [-0.2, -0.15) is 5.10 Å². The molecule has 2 N–H and O–H groups in total. The molecule has 0 radical (unpaired) electrons. The number of aliphatic hydroxyl groups excluding tert-OH is 1. The molecule has 0 aliphatic carbocycles. The lowest BCUT2D eigenvalue weighted by atomic mass is 10.0. The second kappa shape index (κ2) is 8.11. The first-order valence-electron chi connectivity index (χ1n) is 8.55. The van der Waals surface area contributed by atoms with Crippen LogP contribution in [0.3, 0.4) is 0 Å². The molecule has 1 amide bonds. The van der Waals surface area contributed by atoms with Crippen LogP contribution in [0.2, 0.25) is 0 Å². The van der Waals surface area contributed by atoms with E-state index in [-0.39, 0.29) is 18.4 Å². The van der Waals surface area contributed by atoms with Crippen LogP contribution in [0.25, 0.3) is 5.69 Å². The van der Waals surface area contributed by atoms with Crippen LogP contribution >= 0.6 is 0 Å². The maximum atomic E-state index is 12.5. The van der Waals surface area contributed by atoms with Crippen molar-refractivity contribution in [3.8, 4) is 5.69 Å². The van der Waals surface area contributed by atoms with Crippen molar-refractivity contribution in [2.75, 3.05) is 6.54 Å². The first-order valence-corrected chi connectivity index (χ1v) is 8.55. The van der Waals surface area contributed by atoms with E-state index in [1.54, 1.807) is 6.20 Å². The summed E-state index contributed by atoms with van der Waals surface area (Å²) in [4.78, 5) is 12.5. The Morgan fingerprint density at radius 1 is 1.29 bits per heavy atom. The zero-order chi connectivity index (χ0) is 17.7. The number of aliphatic hydroxyl groups is 1. The molecular weight excluding hydrogens is 302 g/mol. The van der Waals surface area contributed by atoms with E-state index in [1.807, 2.05) is 56.6 Å². The van der Waals surface area contributed by atoms with Crippen molar-refractivity contribution in [2.45, 2.75) is 52.6 Å². The molecule has 130 valence electrons. The minimum absolute atomic E-state index is 0.148.